The fraction of sp³-hybridized carbons (Fsp3) is 0.217. The number of benzene rings is 1. The van der Waals surface area contributed by atoms with Crippen molar-refractivity contribution < 1.29 is 9.32 Å². The quantitative estimate of drug-likeness (QED) is 0.233. The number of nitrogens with zero attached hydrogens (tertiary/aromatic N) is 3. The van der Waals surface area contributed by atoms with Crippen molar-refractivity contribution in [2.45, 2.75) is 37.7 Å². The molecule has 0 aliphatic rings. The van der Waals surface area contributed by atoms with Gasteiger partial charge in [-0.15, -0.1) is 17.9 Å². The van der Waals surface area contributed by atoms with Gasteiger partial charge in [0, 0.05) is 17.5 Å². The molecule has 1 aromatic carbocycles. The molecule has 4 aromatic rings. The van der Waals surface area contributed by atoms with E-state index < -0.39 is 5.25 Å². The van der Waals surface area contributed by atoms with E-state index >= 15 is 0 Å². The molecule has 0 spiro atoms. The molecular formula is C23H22N4O3S2. The standard InChI is InChI=1S/C23H22N4O3S2/c1-5-11-27-22(29)18-14(3)19(16-9-7-6-8-10-16)32-21(18)25-23(27)31-15(4)20(28)24-17-12-13(2)26-30-17/h5-10,12,15H,1,11H2,2-4H3,(H,24,28). The smallest absolute Gasteiger partial charge is 0.263 e. The number of thioether (sulfide) groups is 1. The SMILES string of the molecule is C=CCn1c(SC(C)C(=O)Nc2cc(C)no2)nc2sc(-c3ccccc3)c(C)c2c1=O. The highest BCUT2D eigenvalue weighted by Crippen LogP contribution is 2.37. The van der Waals surface area contributed by atoms with Crippen LogP contribution < -0.4 is 10.9 Å². The van der Waals surface area contributed by atoms with Gasteiger partial charge in [-0.1, -0.05) is 53.3 Å². The van der Waals surface area contributed by atoms with Gasteiger partial charge in [0.1, 0.15) is 4.83 Å². The van der Waals surface area contributed by atoms with E-state index in [1.54, 1.807) is 30.6 Å². The highest BCUT2D eigenvalue weighted by Gasteiger charge is 2.23. The van der Waals surface area contributed by atoms with Crippen molar-refractivity contribution in [1.29, 1.82) is 0 Å². The number of hydrogen-bond donors (Lipinski definition) is 1. The average Bonchev–Trinajstić information content (AvgIpc) is 3.33. The highest BCUT2D eigenvalue weighted by atomic mass is 32.2. The molecule has 0 saturated heterocycles. The lowest BCUT2D eigenvalue weighted by molar-refractivity contribution is -0.115. The molecule has 9 heteroatoms. The molecule has 1 atom stereocenters. The Hall–Kier alpha value is -3.17. The normalized spacial score (nSPS) is 12.1. The monoisotopic (exact) mass is 466 g/mol. The first-order valence-corrected chi connectivity index (χ1v) is 11.7. The predicted molar refractivity (Wildman–Crippen MR) is 129 cm³/mol. The Labute approximate surface area is 193 Å². The van der Waals surface area contributed by atoms with Crippen LogP contribution in [-0.4, -0.2) is 25.9 Å². The Kier molecular flexibility index (Phi) is 6.29. The van der Waals surface area contributed by atoms with Gasteiger partial charge in [-0.2, -0.15) is 0 Å². The van der Waals surface area contributed by atoms with Crippen molar-refractivity contribution in [2.75, 3.05) is 5.32 Å². The summed E-state index contributed by atoms with van der Waals surface area (Å²) in [4.78, 5) is 32.5. The van der Waals surface area contributed by atoms with Crippen LogP contribution in [0.5, 0.6) is 0 Å². The molecule has 0 saturated carbocycles. The number of carbonyl (C=O) groups excluding carboxylic acids is 1. The minimum atomic E-state index is -0.518. The summed E-state index contributed by atoms with van der Waals surface area (Å²) in [5.41, 5.74) is 2.50. The fourth-order valence-corrected chi connectivity index (χ4v) is 5.45. The van der Waals surface area contributed by atoms with Gasteiger partial charge in [0.2, 0.25) is 11.8 Å². The number of aromatic nitrogens is 3. The summed E-state index contributed by atoms with van der Waals surface area (Å²) < 4.78 is 6.63. The second-order valence-corrected chi connectivity index (χ2v) is 9.59. The Bertz CT molecular complexity index is 1360. The van der Waals surface area contributed by atoms with Gasteiger partial charge in [0.25, 0.3) is 5.56 Å². The summed E-state index contributed by atoms with van der Waals surface area (Å²) in [6.07, 6.45) is 1.65. The summed E-state index contributed by atoms with van der Waals surface area (Å²) in [5, 5.41) is 7.03. The fourth-order valence-electron chi connectivity index (χ4n) is 3.30. The first-order chi connectivity index (χ1) is 15.4. The van der Waals surface area contributed by atoms with Crippen molar-refractivity contribution in [3.63, 3.8) is 0 Å². The van der Waals surface area contributed by atoms with Crippen LogP contribution in [0.3, 0.4) is 0 Å². The number of hydrogen-bond acceptors (Lipinski definition) is 7. The third-order valence-corrected chi connectivity index (χ3v) is 7.21. The number of allylic oxidation sites excluding steroid dienone is 1. The van der Waals surface area contributed by atoms with Crippen LogP contribution in [0.1, 0.15) is 18.2 Å². The van der Waals surface area contributed by atoms with Crippen molar-refractivity contribution >= 4 is 45.1 Å². The van der Waals surface area contributed by atoms with Crippen molar-refractivity contribution in [1.82, 2.24) is 14.7 Å². The maximum absolute atomic E-state index is 13.4. The molecule has 0 radical (unpaired) electrons. The first-order valence-electron chi connectivity index (χ1n) is 10.00. The lowest BCUT2D eigenvalue weighted by Crippen LogP contribution is -2.26. The van der Waals surface area contributed by atoms with E-state index in [-0.39, 0.29) is 17.4 Å². The summed E-state index contributed by atoms with van der Waals surface area (Å²) in [7, 11) is 0. The predicted octanol–water partition coefficient (Wildman–Crippen LogP) is 5.04. The summed E-state index contributed by atoms with van der Waals surface area (Å²) in [6, 6.07) is 11.6. The van der Waals surface area contributed by atoms with Gasteiger partial charge in [0.05, 0.1) is 16.3 Å². The molecule has 1 N–H and O–H groups in total. The van der Waals surface area contributed by atoms with E-state index in [0.717, 1.165) is 16.0 Å². The Morgan fingerprint density at radius 2 is 2.09 bits per heavy atom. The minimum Gasteiger partial charge on any atom is -0.338 e. The van der Waals surface area contributed by atoms with Gasteiger partial charge < -0.3 is 4.52 Å². The van der Waals surface area contributed by atoms with Crippen molar-refractivity contribution in [3.05, 3.63) is 70.7 Å². The maximum atomic E-state index is 13.4. The minimum absolute atomic E-state index is 0.133. The number of rotatable bonds is 7. The zero-order valence-electron chi connectivity index (χ0n) is 17.9. The number of fused-ring (bicyclic) bond motifs is 1. The summed E-state index contributed by atoms with van der Waals surface area (Å²) in [5.74, 6) is 0.0196. The molecule has 0 aliphatic carbocycles. The van der Waals surface area contributed by atoms with Crippen LogP contribution in [0, 0.1) is 13.8 Å². The van der Waals surface area contributed by atoms with Gasteiger partial charge in [-0.25, -0.2) is 4.98 Å². The van der Waals surface area contributed by atoms with E-state index in [2.05, 4.69) is 17.1 Å². The average molecular weight is 467 g/mol. The largest absolute Gasteiger partial charge is 0.338 e. The van der Waals surface area contributed by atoms with Crippen molar-refractivity contribution in [3.8, 4) is 10.4 Å². The zero-order valence-corrected chi connectivity index (χ0v) is 19.5. The van der Waals surface area contributed by atoms with E-state index in [0.29, 0.717) is 27.6 Å². The molecule has 4 rings (SSSR count). The summed E-state index contributed by atoms with van der Waals surface area (Å²) >= 11 is 2.71. The molecule has 0 fully saturated rings. The van der Waals surface area contributed by atoms with Crippen LogP contribution in [0.2, 0.25) is 0 Å². The topological polar surface area (TPSA) is 90.0 Å². The Morgan fingerprint density at radius 1 is 1.34 bits per heavy atom. The third-order valence-electron chi connectivity index (χ3n) is 4.89. The lowest BCUT2D eigenvalue weighted by atomic mass is 10.1. The Balaban J connectivity index is 1.71. The van der Waals surface area contributed by atoms with E-state index in [1.165, 1.54) is 23.1 Å². The second kappa shape index (κ2) is 9.13. The van der Waals surface area contributed by atoms with Crippen LogP contribution in [0.15, 0.2) is 63.5 Å². The molecule has 0 aliphatic heterocycles. The molecule has 0 bridgehead atoms. The van der Waals surface area contributed by atoms with E-state index in [9.17, 15) is 9.59 Å². The summed E-state index contributed by atoms with van der Waals surface area (Å²) in [6.45, 7) is 9.56. The molecule has 32 heavy (non-hydrogen) atoms. The van der Waals surface area contributed by atoms with Crippen molar-refractivity contribution in [2.24, 2.45) is 0 Å². The van der Waals surface area contributed by atoms with Crippen LogP contribution in [0.25, 0.3) is 20.7 Å². The number of thiophene rings is 1. The molecule has 3 aromatic heterocycles. The van der Waals surface area contributed by atoms with Crippen LogP contribution in [-0.2, 0) is 11.3 Å². The highest BCUT2D eigenvalue weighted by molar-refractivity contribution is 8.00. The number of nitrogens with one attached hydrogen (secondary N) is 1. The molecule has 7 nitrogen and oxygen atoms in total. The molecular weight excluding hydrogens is 444 g/mol. The molecule has 3 heterocycles. The maximum Gasteiger partial charge on any atom is 0.263 e. The molecule has 1 unspecified atom stereocenters. The van der Waals surface area contributed by atoms with E-state index in [4.69, 9.17) is 9.51 Å². The Morgan fingerprint density at radius 3 is 2.75 bits per heavy atom. The van der Waals surface area contributed by atoms with Gasteiger partial charge in [-0.05, 0) is 31.9 Å². The van der Waals surface area contributed by atoms with Crippen LogP contribution in [0.4, 0.5) is 5.88 Å². The lowest BCUT2D eigenvalue weighted by Gasteiger charge is -2.14. The number of carbonyl (C=O) groups is 1. The number of anilines is 1. The van der Waals surface area contributed by atoms with Gasteiger partial charge in [-0.3, -0.25) is 19.5 Å². The van der Waals surface area contributed by atoms with Crippen LogP contribution >= 0.6 is 23.1 Å². The molecule has 164 valence electrons. The number of aryl methyl sites for hydroxylation is 2. The van der Waals surface area contributed by atoms with Gasteiger partial charge in [0.15, 0.2) is 5.16 Å². The zero-order chi connectivity index (χ0) is 22.8. The van der Waals surface area contributed by atoms with E-state index in [1.807, 2.05) is 37.3 Å². The number of amides is 1. The molecule has 1 amide bonds. The second-order valence-electron chi connectivity index (χ2n) is 7.28. The first kappa shape index (κ1) is 22.0. The van der Waals surface area contributed by atoms with Gasteiger partial charge >= 0.3 is 0 Å². The third kappa shape index (κ3) is 4.26.